The fourth-order valence-electron chi connectivity index (χ4n) is 3.01. The molecule has 2 rings (SSSR count). The van der Waals surface area contributed by atoms with Gasteiger partial charge in [-0.2, -0.15) is 0 Å². The van der Waals surface area contributed by atoms with Crippen LogP contribution in [0.1, 0.15) is 33.6 Å². The average molecular weight is 337 g/mol. The lowest BCUT2D eigenvalue weighted by Gasteiger charge is -2.39. The summed E-state index contributed by atoms with van der Waals surface area (Å²) in [7, 11) is 3.24. The van der Waals surface area contributed by atoms with Crippen molar-refractivity contribution in [2.75, 3.05) is 27.3 Å². The Labute approximate surface area is 143 Å². The summed E-state index contributed by atoms with van der Waals surface area (Å²) in [5.41, 5.74) is 0.224. The van der Waals surface area contributed by atoms with Crippen molar-refractivity contribution in [2.24, 2.45) is 5.41 Å². The molecule has 0 N–H and O–H groups in total. The van der Waals surface area contributed by atoms with Crippen LogP contribution in [-0.2, 0) is 4.79 Å². The zero-order valence-electron chi connectivity index (χ0n) is 14.7. The van der Waals surface area contributed by atoms with Crippen molar-refractivity contribution >= 4 is 17.7 Å². The lowest BCUT2D eigenvalue weighted by Crippen LogP contribution is -2.46. The Bertz CT molecular complexity index is 559. The molecule has 0 saturated carbocycles. The Morgan fingerprint density at radius 2 is 1.96 bits per heavy atom. The fraction of sp³-hybridized carbons (Fsp3) is 0.611. The minimum atomic E-state index is -0.109. The predicted octanol–water partition coefficient (Wildman–Crippen LogP) is 3.83. The Kier molecular flexibility index (Phi) is 5.84. The molecule has 1 aromatic carbocycles. The van der Waals surface area contributed by atoms with Gasteiger partial charge in [0.1, 0.15) is 0 Å². The number of methoxy groups -OCH3 is 2. The van der Waals surface area contributed by atoms with Crippen LogP contribution >= 0.6 is 11.8 Å². The van der Waals surface area contributed by atoms with Gasteiger partial charge in [0.2, 0.25) is 5.91 Å². The number of amides is 1. The summed E-state index contributed by atoms with van der Waals surface area (Å²) in [5.74, 6) is 1.61. The molecule has 1 heterocycles. The van der Waals surface area contributed by atoms with Gasteiger partial charge in [-0.1, -0.05) is 13.8 Å². The number of piperidine rings is 1. The van der Waals surface area contributed by atoms with Crippen molar-refractivity contribution in [2.45, 2.75) is 43.8 Å². The van der Waals surface area contributed by atoms with Crippen LogP contribution in [0.2, 0.25) is 0 Å². The fourth-order valence-corrected chi connectivity index (χ4v) is 3.99. The minimum Gasteiger partial charge on any atom is -0.493 e. The highest BCUT2D eigenvalue weighted by Gasteiger charge is 2.31. The van der Waals surface area contributed by atoms with E-state index in [2.05, 4.69) is 13.8 Å². The number of ether oxygens (including phenoxy) is 2. The van der Waals surface area contributed by atoms with Crippen molar-refractivity contribution in [3.63, 3.8) is 0 Å². The van der Waals surface area contributed by atoms with Gasteiger partial charge in [-0.3, -0.25) is 4.79 Å². The van der Waals surface area contributed by atoms with Gasteiger partial charge in [0.15, 0.2) is 11.5 Å². The van der Waals surface area contributed by atoms with Crippen molar-refractivity contribution in [1.82, 2.24) is 4.90 Å². The monoisotopic (exact) mass is 337 g/mol. The summed E-state index contributed by atoms with van der Waals surface area (Å²) in [6.45, 7) is 8.17. The molecule has 1 aliphatic heterocycles. The van der Waals surface area contributed by atoms with Crippen LogP contribution in [0.15, 0.2) is 23.1 Å². The SMILES string of the molecule is COc1ccc(S[C@@H](C)C(=O)N2CCCC(C)(C)C2)cc1OC. The average Bonchev–Trinajstić information content (AvgIpc) is 2.52. The number of rotatable bonds is 5. The van der Waals surface area contributed by atoms with Crippen LogP contribution in [0.3, 0.4) is 0 Å². The molecule has 23 heavy (non-hydrogen) atoms. The normalized spacial score (nSPS) is 18.4. The Hall–Kier alpha value is -1.36. The van der Waals surface area contributed by atoms with Crippen molar-refractivity contribution < 1.29 is 14.3 Å². The van der Waals surface area contributed by atoms with Crippen LogP contribution < -0.4 is 9.47 Å². The second-order valence-electron chi connectivity index (χ2n) is 6.80. The highest BCUT2D eigenvalue weighted by molar-refractivity contribution is 8.00. The number of hydrogen-bond donors (Lipinski definition) is 0. The van der Waals surface area contributed by atoms with E-state index in [0.29, 0.717) is 11.5 Å². The van der Waals surface area contributed by atoms with Gasteiger partial charge in [-0.15, -0.1) is 11.8 Å². The molecular formula is C18H27NO3S. The summed E-state index contributed by atoms with van der Waals surface area (Å²) >= 11 is 1.57. The van der Waals surface area contributed by atoms with Crippen LogP contribution in [0, 0.1) is 5.41 Å². The molecule has 0 bridgehead atoms. The van der Waals surface area contributed by atoms with E-state index in [0.717, 1.165) is 24.4 Å². The molecule has 1 amide bonds. The van der Waals surface area contributed by atoms with Gasteiger partial charge in [-0.05, 0) is 43.4 Å². The summed E-state index contributed by atoms with van der Waals surface area (Å²) in [5, 5.41) is -0.109. The maximum atomic E-state index is 12.7. The second kappa shape index (κ2) is 7.47. The molecule has 0 aromatic heterocycles. The predicted molar refractivity (Wildman–Crippen MR) is 94.5 cm³/mol. The van der Waals surface area contributed by atoms with Gasteiger partial charge in [0.25, 0.3) is 0 Å². The Balaban J connectivity index is 2.03. The molecule has 5 heteroatoms. The first-order valence-corrected chi connectivity index (χ1v) is 8.92. The maximum absolute atomic E-state index is 12.7. The van der Waals surface area contributed by atoms with Crippen molar-refractivity contribution in [3.05, 3.63) is 18.2 Å². The quantitative estimate of drug-likeness (QED) is 0.766. The lowest BCUT2D eigenvalue weighted by atomic mass is 9.84. The van der Waals surface area contributed by atoms with Crippen molar-refractivity contribution in [3.8, 4) is 11.5 Å². The molecular weight excluding hydrogens is 310 g/mol. The van der Waals surface area contributed by atoms with Crippen molar-refractivity contribution in [1.29, 1.82) is 0 Å². The second-order valence-corrected chi connectivity index (χ2v) is 8.22. The van der Waals surface area contributed by atoms with Gasteiger partial charge < -0.3 is 14.4 Å². The van der Waals surface area contributed by atoms with E-state index < -0.39 is 0 Å². The topological polar surface area (TPSA) is 38.8 Å². The summed E-state index contributed by atoms with van der Waals surface area (Å²) in [6, 6.07) is 5.77. The summed E-state index contributed by atoms with van der Waals surface area (Å²) in [4.78, 5) is 15.7. The van der Waals surface area contributed by atoms with E-state index >= 15 is 0 Å². The van der Waals surface area contributed by atoms with E-state index in [4.69, 9.17) is 9.47 Å². The molecule has 1 aliphatic rings. The third kappa shape index (κ3) is 4.56. The Morgan fingerprint density at radius 3 is 2.57 bits per heavy atom. The van der Waals surface area contributed by atoms with Crippen LogP contribution in [0.25, 0.3) is 0 Å². The molecule has 128 valence electrons. The highest BCUT2D eigenvalue weighted by Crippen LogP contribution is 2.35. The first-order chi connectivity index (χ1) is 10.9. The zero-order valence-corrected chi connectivity index (χ0v) is 15.5. The zero-order chi connectivity index (χ0) is 17.0. The molecule has 1 saturated heterocycles. The molecule has 4 nitrogen and oxygen atoms in total. The summed E-state index contributed by atoms with van der Waals surface area (Å²) in [6.07, 6.45) is 2.28. The van der Waals surface area contributed by atoms with Crippen LogP contribution in [0.5, 0.6) is 11.5 Å². The first-order valence-electron chi connectivity index (χ1n) is 8.04. The van der Waals surface area contributed by atoms with E-state index in [9.17, 15) is 4.79 Å². The largest absolute Gasteiger partial charge is 0.493 e. The molecule has 0 unspecified atom stereocenters. The maximum Gasteiger partial charge on any atom is 0.235 e. The van der Waals surface area contributed by atoms with Gasteiger partial charge in [0, 0.05) is 18.0 Å². The molecule has 1 atom stereocenters. The number of carbonyl (C=O) groups excluding carboxylic acids is 1. The van der Waals surface area contributed by atoms with Crippen LogP contribution in [-0.4, -0.2) is 43.4 Å². The molecule has 1 fully saturated rings. The summed E-state index contributed by atoms with van der Waals surface area (Å²) < 4.78 is 10.6. The van der Waals surface area contributed by atoms with Gasteiger partial charge >= 0.3 is 0 Å². The third-order valence-electron chi connectivity index (χ3n) is 4.23. The standard InChI is InChI=1S/C18H27NO3S/c1-13(17(20)19-10-6-9-18(2,3)12-19)23-14-7-8-15(21-4)16(11-14)22-5/h7-8,11,13H,6,9-10,12H2,1-5H3/t13-/m0/s1. The van der Waals surface area contributed by atoms with Gasteiger partial charge in [-0.25, -0.2) is 0 Å². The highest BCUT2D eigenvalue weighted by atomic mass is 32.2. The lowest BCUT2D eigenvalue weighted by molar-refractivity contribution is -0.133. The van der Waals surface area contributed by atoms with E-state index in [-0.39, 0.29) is 16.6 Å². The Morgan fingerprint density at radius 1 is 1.26 bits per heavy atom. The number of likely N-dealkylation sites (tertiary alicyclic amines) is 1. The number of benzene rings is 1. The number of thioether (sulfide) groups is 1. The minimum absolute atomic E-state index is 0.109. The van der Waals surface area contributed by atoms with E-state index in [1.54, 1.807) is 26.0 Å². The first kappa shape index (κ1) is 18.0. The third-order valence-corrected chi connectivity index (χ3v) is 5.31. The smallest absolute Gasteiger partial charge is 0.235 e. The van der Waals surface area contributed by atoms with E-state index in [1.807, 2.05) is 30.0 Å². The van der Waals surface area contributed by atoms with E-state index in [1.165, 1.54) is 6.42 Å². The molecule has 1 aromatic rings. The molecule has 0 radical (unpaired) electrons. The number of carbonyl (C=O) groups is 1. The van der Waals surface area contributed by atoms with Crippen LogP contribution in [0.4, 0.5) is 0 Å². The van der Waals surface area contributed by atoms with Gasteiger partial charge in [0.05, 0.1) is 19.5 Å². The number of nitrogens with zero attached hydrogens (tertiary/aromatic N) is 1. The number of hydrogen-bond acceptors (Lipinski definition) is 4. The molecule has 0 aliphatic carbocycles. The molecule has 0 spiro atoms.